The quantitative estimate of drug-likeness (QED) is 0.182. The SMILES string of the molecule is CC(=O)N1CCCC1C(=O)Nc1ccc(-c2[nH]c3ccc(NC(=O)[C@@H]4CCCN4C(=O)[C@H](NC(=O)O)c4ccccc4)cc3c2F)cc1. The predicted octanol–water partition coefficient (Wildman–Crippen LogP) is 4.86. The Hall–Kier alpha value is -5.72. The van der Waals surface area contributed by atoms with E-state index in [9.17, 15) is 29.1 Å². The molecule has 6 rings (SSSR count). The number of H-pyrrole nitrogens is 1. The smallest absolute Gasteiger partial charge is 0.405 e. The average molecular weight is 655 g/mol. The summed E-state index contributed by atoms with van der Waals surface area (Å²) in [6.45, 7) is 2.29. The summed E-state index contributed by atoms with van der Waals surface area (Å²) < 4.78 is 15.7. The van der Waals surface area contributed by atoms with E-state index in [-0.39, 0.29) is 29.4 Å². The summed E-state index contributed by atoms with van der Waals surface area (Å²) in [5.41, 5.74) is 2.60. The van der Waals surface area contributed by atoms with E-state index in [1.807, 2.05) is 0 Å². The maximum absolute atomic E-state index is 15.7. The van der Waals surface area contributed by atoms with E-state index in [2.05, 4.69) is 20.9 Å². The maximum atomic E-state index is 15.7. The lowest BCUT2D eigenvalue weighted by Crippen LogP contribution is -2.48. The van der Waals surface area contributed by atoms with Crippen molar-refractivity contribution in [1.82, 2.24) is 20.1 Å². The van der Waals surface area contributed by atoms with Gasteiger partial charge in [-0.25, -0.2) is 9.18 Å². The van der Waals surface area contributed by atoms with E-state index in [1.54, 1.807) is 71.6 Å². The van der Waals surface area contributed by atoms with Crippen molar-refractivity contribution < 1.29 is 33.5 Å². The van der Waals surface area contributed by atoms with Crippen LogP contribution >= 0.6 is 0 Å². The Balaban J connectivity index is 1.15. The Morgan fingerprint density at radius 2 is 1.44 bits per heavy atom. The summed E-state index contributed by atoms with van der Waals surface area (Å²) in [4.78, 5) is 69.1. The summed E-state index contributed by atoms with van der Waals surface area (Å²) in [5, 5.41) is 17.5. The van der Waals surface area contributed by atoms with Crippen LogP contribution in [0.25, 0.3) is 22.2 Å². The fourth-order valence-electron chi connectivity index (χ4n) is 6.55. The second kappa shape index (κ2) is 13.6. The van der Waals surface area contributed by atoms with Crippen LogP contribution in [0.15, 0.2) is 72.8 Å². The molecule has 13 heteroatoms. The van der Waals surface area contributed by atoms with E-state index < -0.39 is 41.9 Å². The number of anilines is 2. The number of benzene rings is 3. The van der Waals surface area contributed by atoms with E-state index in [0.29, 0.717) is 53.8 Å². The molecule has 5 amide bonds. The minimum absolute atomic E-state index is 0.141. The highest BCUT2D eigenvalue weighted by atomic mass is 19.1. The second-order valence-electron chi connectivity index (χ2n) is 12.0. The van der Waals surface area contributed by atoms with Crippen LogP contribution in [0.5, 0.6) is 0 Å². The van der Waals surface area contributed by atoms with Crippen LogP contribution in [-0.4, -0.2) is 74.8 Å². The maximum Gasteiger partial charge on any atom is 0.405 e. The van der Waals surface area contributed by atoms with Gasteiger partial charge in [-0.1, -0.05) is 42.5 Å². The topological polar surface area (TPSA) is 164 Å². The van der Waals surface area contributed by atoms with Crippen LogP contribution in [-0.2, 0) is 19.2 Å². The van der Waals surface area contributed by atoms with Crippen molar-refractivity contribution >= 4 is 52.0 Å². The van der Waals surface area contributed by atoms with Crippen molar-refractivity contribution in [2.45, 2.75) is 50.7 Å². The number of fused-ring (bicyclic) bond motifs is 1. The molecule has 3 aromatic carbocycles. The first-order chi connectivity index (χ1) is 23.1. The van der Waals surface area contributed by atoms with E-state index in [0.717, 1.165) is 6.42 Å². The lowest BCUT2D eigenvalue weighted by atomic mass is 10.0. The third-order valence-corrected chi connectivity index (χ3v) is 8.89. The normalized spacial score (nSPS) is 18.0. The van der Waals surface area contributed by atoms with Crippen molar-refractivity contribution in [3.8, 4) is 11.3 Å². The molecule has 2 aliphatic heterocycles. The summed E-state index contributed by atoms with van der Waals surface area (Å²) in [7, 11) is 0. The number of rotatable bonds is 8. The number of carbonyl (C=O) groups is 5. The number of halogens is 1. The molecule has 2 fully saturated rings. The van der Waals surface area contributed by atoms with Crippen LogP contribution < -0.4 is 16.0 Å². The molecule has 4 aromatic rings. The minimum atomic E-state index is -1.36. The van der Waals surface area contributed by atoms with Gasteiger partial charge in [0.1, 0.15) is 18.1 Å². The number of carbonyl (C=O) groups excluding carboxylic acids is 4. The van der Waals surface area contributed by atoms with Crippen LogP contribution in [0.1, 0.15) is 44.2 Å². The first-order valence-electron chi connectivity index (χ1n) is 15.8. The van der Waals surface area contributed by atoms with Gasteiger partial charge in [-0.2, -0.15) is 0 Å². The van der Waals surface area contributed by atoms with Gasteiger partial charge in [0.25, 0.3) is 5.91 Å². The molecule has 48 heavy (non-hydrogen) atoms. The van der Waals surface area contributed by atoms with Crippen molar-refractivity contribution in [1.29, 1.82) is 0 Å². The summed E-state index contributed by atoms with van der Waals surface area (Å²) in [6.07, 6.45) is 0.961. The molecule has 12 nitrogen and oxygen atoms in total. The number of carboxylic acid groups (broad SMARTS) is 1. The zero-order chi connectivity index (χ0) is 33.9. The fourth-order valence-corrected chi connectivity index (χ4v) is 6.55. The zero-order valence-electron chi connectivity index (χ0n) is 26.2. The molecule has 0 saturated carbocycles. The summed E-state index contributed by atoms with van der Waals surface area (Å²) in [6, 6.07) is 17.4. The number of aromatic nitrogens is 1. The number of likely N-dealkylation sites (tertiary alicyclic amines) is 2. The highest BCUT2D eigenvalue weighted by Crippen LogP contribution is 2.32. The van der Waals surface area contributed by atoms with Gasteiger partial charge in [-0.05, 0) is 61.6 Å². The predicted molar refractivity (Wildman–Crippen MR) is 176 cm³/mol. The first kappa shape index (κ1) is 32.2. The number of nitrogens with zero attached hydrogens (tertiary/aromatic N) is 2. The highest BCUT2D eigenvalue weighted by Gasteiger charge is 2.38. The Labute approximate surface area is 275 Å². The van der Waals surface area contributed by atoms with Gasteiger partial charge in [0.15, 0.2) is 5.82 Å². The molecular formula is C35H35FN6O6. The van der Waals surface area contributed by atoms with Crippen molar-refractivity contribution in [3.63, 3.8) is 0 Å². The highest BCUT2D eigenvalue weighted by molar-refractivity contribution is 6.01. The lowest BCUT2D eigenvalue weighted by molar-refractivity contribution is -0.138. The van der Waals surface area contributed by atoms with Gasteiger partial charge in [-0.15, -0.1) is 0 Å². The van der Waals surface area contributed by atoms with Gasteiger partial charge in [0.2, 0.25) is 17.7 Å². The zero-order valence-corrected chi connectivity index (χ0v) is 26.2. The first-order valence-corrected chi connectivity index (χ1v) is 15.8. The molecule has 0 aliphatic carbocycles. The van der Waals surface area contributed by atoms with E-state index in [1.165, 1.54) is 17.9 Å². The Morgan fingerprint density at radius 1 is 0.833 bits per heavy atom. The number of amides is 5. The largest absolute Gasteiger partial charge is 0.465 e. The fraction of sp³-hybridized carbons (Fsp3) is 0.286. The van der Waals surface area contributed by atoms with Gasteiger partial charge in [0.05, 0.1) is 5.69 Å². The Bertz CT molecular complexity index is 1880. The average Bonchev–Trinajstić information content (AvgIpc) is 3.84. The van der Waals surface area contributed by atoms with Crippen molar-refractivity contribution in [2.75, 3.05) is 23.7 Å². The van der Waals surface area contributed by atoms with E-state index in [4.69, 9.17) is 0 Å². The molecule has 1 unspecified atom stereocenters. The molecule has 0 spiro atoms. The monoisotopic (exact) mass is 654 g/mol. The molecular weight excluding hydrogens is 619 g/mol. The molecule has 3 atom stereocenters. The van der Waals surface area contributed by atoms with Crippen LogP contribution in [0.2, 0.25) is 0 Å². The minimum Gasteiger partial charge on any atom is -0.465 e. The van der Waals surface area contributed by atoms with E-state index >= 15 is 4.39 Å². The number of hydrogen-bond donors (Lipinski definition) is 5. The number of hydrogen-bond acceptors (Lipinski definition) is 5. The van der Waals surface area contributed by atoms with Crippen LogP contribution in [0.4, 0.5) is 20.6 Å². The lowest BCUT2D eigenvalue weighted by Gasteiger charge is -2.28. The van der Waals surface area contributed by atoms with Gasteiger partial charge < -0.3 is 35.8 Å². The molecule has 2 saturated heterocycles. The molecule has 3 heterocycles. The Kier molecular flexibility index (Phi) is 9.10. The van der Waals surface area contributed by atoms with Gasteiger partial charge in [-0.3, -0.25) is 19.2 Å². The molecule has 5 N–H and O–H groups in total. The molecule has 2 aliphatic rings. The third kappa shape index (κ3) is 6.57. The Morgan fingerprint density at radius 3 is 2.08 bits per heavy atom. The molecule has 248 valence electrons. The molecule has 1 aromatic heterocycles. The van der Waals surface area contributed by atoms with Crippen LogP contribution in [0.3, 0.4) is 0 Å². The van der Waals surface area contributed by atoms with Crippen molar-refractivity contribution in [3.05, 3.63) is 84.2 Å². The van der Waals surface area contributed by atoms with Crippen molar-refractivity contribution in [2.24, 2.45) is 0 Å². The summed E-state index contributed by atoms with van der Waals surface area (Å²) in [5.74, 6) is -1.91. The standard InChI is InChI=1S/C35H35FN6O6/c1-20(43)41-17-5-9-27(41)32(44)37-23-13-11-22(12-14-23)30-29(36)25-19-24(15-16-26(25)39-30)38-33(45)28-10-6-18-42(28)34(46)31(40-35(47)48)21-7-3-2-4-8-21/h2-4,7-8,11-16,19,27-28,31,39-40H,5-6,9-10,17-18H2,1H3,(H,37,44)(H,38,45)(H,47,48)/t27?,28-,31+/m0/s1. The van der Waals surface area contributed by atoms with Gasteiger partial charge >= 0.3 is 6.09 Å². The number of nitrogens with one attached hydrogen (secondary N) is 4. The third-order valence-electron chi connectivity index (χ3n) is 8.89. The van der Waals surface area contributed by atoms with Gasteiger partial charge in [0, 0.05) is 47.9 Å². The molecule has 0 bridgehead atoms. The molecule has 0 radical (unpaired) electrons. The number of aromatic amines is 1. The summed E-state index contributed by atoms with van der Waals surface area (Å²) >= 11 is 0. The van der Waals surface area contributed by atoms with Crippen LogP contribution in [0, 0.1) is 5.82 Å². The second-order valence-corrected chi connectivity index (χ2v) is 12.0.